The van der Waals surface area contributed by atoms with Crippen molar-refractivity contribution >= 4 is 40.7 Å². The molecule has 0 saturated carbocycles. The number of nitrogens with one attached hydrogen (secondary N) is 4. The number of hydrogen-bond acceptors (Lipinski definition) is 13. The molecule has 1 fully saturated rings. The van der Waals surface area contributed by atoms with Gasteiger partial charge in [-0.3, -0.25) is 19.2 Å². The number of amides is 4. The van der Waals surface area contributed by atoms with Gasteiger partial charge in [-0.2, -0.15) is 0 Å². The van der Waals surface area contributed by atoms with Gasteiger partial charge in [0.2, 0.25) is 17.7 Å². The Morgan fingerprint density at radius 1 is 0.914 bits per heavy atom. The Bertz CT molecular complexity index is 2730. The van der Waals surface area contributed by atoms with Gasteiger partial charge in [0.1, 0.15) is 35.7 Å². The minimum absolute atomic E-state index is 0.0244. The number of anilines is 1. The van der Waals surface area contributed by atoms with Gasteiger partial charge in [-0.15, -0.1) is 21.5 Å². The van der Waals surface area contributed by atoms with Crippen LogP contribution >= 0.6 is 11.3 Å². The van der Waals surface area contributed by atoms with Crippen LogP contribution in [0, 0.1) is 24.0 Å². The summed E-state index contributed by atoms with van der Waals surface area (Å²) in [6, 6.07) is 17.9. The molecule has 4 heterocycles. The van der Waals surface area contributed by atoms with Crippen LogP contribution in [0.3, 0.4) is 0 Å². The number of likely N-dealkylation sites (tertiary alicyclic amines) is 1. The van der Waals surface area contributed by atoms with E-state index in [1.54, 1.807) is 53.4 Å². The molecule has 17 nitrogen and oxygen atoms in total. The van der Waals surface area contributed by atoms with Crippen LogP contribution in [-0.2, 0) is 45.3 Å². The minimum atomic E-state index is -0.951. The number of halogens is 2. The third-order valence-electron chi connectivity index (χ3n) is 11.8. The quantitative estimate of drug-likeness (QED) is 0.0526. The molecule has 0 bridgehead atoms. The van der Waals surface area contributed by atoms with Gasteiger partial charge in [-0.05, 0) is 72.7 Å². The first-order valence-electron chi connectivity index (χ1n) is 23.0. The molecule has 1 aliphatic rings. The summed E-state index contributed by atoms with van der Waals surface area (Å²) in [7, 11) is 0. The Labute approximate surface area is 408 Å². The summed E-state index contributed by atoms with van der Waals surface area (Å²) in [4.78, 5) is 68.9. The number of carbonyl (C=O) groups is 4. The van der Waals surface area contributed by atoms with Gasteiger partial charge < -0.3 is 40.6 Å². The Kier molecular flexibility index (Phi) is 17.1. The molecule has 3 atom stereocenters. The lowest BCUT2D eigenvalue weighted by atomic mass is 9.85. The molecule has 0 spiro atoms. The van der Waals surface area contributed by atoms with Crippen LogP contribution in [0.5, 0.6) is 0 Å². The molecule has 5 N–H and O–H groups in total. The lowest BCUT2D eigenvalue weighted by Crippen LogP contribution is -2.57. The van der Waals surface area contributed by atoms with Crippen molar-refractivity contribution < 1.29 is 37.8 Å². The average Bonchev–Trinajstić information content (AvgIpc) is 4.09. The number of ether oxygens (including phenoxy) is 1. The normalized spacial score (nSPS) is 15.1. The molecule has 3 aromatic heterocycles. The largest absolute Gasteiger partial charge is 0.391 e. The molecule has 6 aromatic rings. The van der Waals surface area contributed by atoms with E-state index in [-0.39, 0.29) is 68.6 Å². The Morgan fingerprint density at radius 3 is 2.39 bits per heavy atom. The zero-order chi connectivity index (χ0) is 49.8. The van der Waals surface area contributed by atoms with Crippen LogP contribution in [0.2, 0.25) is 0 Å². The van der Waals surface area contributed by atoms with Crippen molar-refractivity contribution in [3.05, 3.63) is 131 Å². The summed E-state index contributed by atoms with van der Waals surface area (Å²) >= 11 is 1.56. The highest BCUT2D eigenvalue weighted by molar-refractivity contribution is 7.13. The second-order valence-electron chi connectivity index (χ2n) is 18.0. The van der Waals surface area contributed by atoms with Crippen molar-refractivity contribution in [2.75, 3.05) is 25.1 Å². The maximum atomic E-state index is 14.1. The highest BCUT2D eigenvalue weighted by Crippen LogP contribution is 2.29. The van der Waals surface area contributed by atoms with E-state index in [0.29, 0.717) is 49.0 Å². The predicted octanol–water partition coefficient (Wildman–Crippen LogP) is 5.98. The molecule has 7 rings (SSSR count). The van der Waals surface area contributed by atoms with Gasteiger partial charge in [-0.25, -0.2) is 23.7 Å². The van der Waals surface area contributed by atoms with E-state index >= 15 is 0 Å². The highest BCUT2D eigenvalue weighted by atomic mass is 32.1. The van der Waals surface area contributed by atoms with Crippen LogP contribution in [0.1, 0.15) is 79.5 Å². The number of aryl methyl sites for hydroxylation is 1. The molecular formula is C50H57F2N11O6S. The van der Waals surface area contributed by atoms with E-state index in [2.05, 4.69) is 46.4 Å². The molecule has 1 saturated heterocycles. The Morgan fingerprint density at radius 2 is 1.67 bits per heavy atom. The van der Waals surface area contributed by atoms with E-state index in [1.165, 1.54) is 17.3 Å². The first-order valence-corrected chi connectivity index (χ1v) is 23.9. The fourth-order valence-corrected chi connectivity index (χ4v) is 8.82. The highest BCUT2D eigenvalue weighted by Gasteiger charge is 2.44. The third kappa shape index (κ3) is 13.2. The van der Waals surface area contributed by atoms with E-state index in [1.807, 2.05) is 56.5 Å². The van der Waals surface area contributed by atoms with Crippen LogP contribution < -0.4 is 21.3 Å². The van der Waals surface area contributed by atoms with E-state index < -0.39 is 47.1 Å². The van der Waals surface area contributed by atoms with Gasteiger partial charge in [0.05, 0.1) is 28.7 Å². The third-order valence-corrected chi connectivity index (χ3v) is 12.8. The maximum absolute atomic E-state index is 14.1. The Balaban J connectivity index is 0.871. The number of thiazole rings is 1. The molecular weight excluding hydrogens is 921 g/mol. The number of aliphatic hydroxyl groups excluding tert-OH is 1. The maximum Gasteiger partial charge on any atom is 0.251 e. The van der Waals surface area contributed by atoms with Crippen molar-refractivity contribution in [2.45, 2.75) is 97.7 Å². The fourth-order valence-electron chi connectivity index (χ4n) is 8.01. The molecule has 0 aliphatic carbocycles. The van der Waals surface area contributed by atoms with Crippen molar-refractivity contribution in [1.29, 1.82) is 0 Å². The van der Waals surface area contributed by atoms with Crippen molar-refractivity contribution in [3.63, 3.8) is 0 Å². The van der Waals surface area contributed by atoms with Gasteiger partial charge in [0.25, 0.3) is 5.91 Å². The zero-order valence-electron chi connectivity index (χ0n) is 39.5. The Hall–Kier alpha value is -7.03. The van der Waals surface area contributed by atoms with Crippen molar-refractivity contribution in [3.8, 4) is 22.0 Å². The van der Waals surface area contributed by atoms with Gasteiger partial charge >= 0.3 is 0 Å². The molecule has 4 amide bonds. The van der Waals surface area contributed by atoms with Crippen LogP contribution in [-0.4, -0.2) is 101 Å². The van der Waals surface area contributed by atoms with Gasteiger partial charge in [0, 0.05) is 75.2 Å². The number of rotatable bonds is 21. The van der Waals surface area contributed by atoms with Crippen LogP contribution in [0.4, 0.5) is 14.5 Å². The van der Waals surface area contributed by atoms with Gasteiger partial charge in [0.15, 0.2) is 11.6 Å². The monoisotopic (exact) mass is 977 g/mol. The van der Waals surface area contributed by atoms with E-state index in [4.69, 9.17) is 4.74 Å². The number of hydrogen-bond donors (Lipinski definition) is 5. The molecule has 70 heavy (non-hydrogen) atoms. The number of benzene rings is 3. The summed E-state index contributed by atoms with van der Waals surface area (Å²) in [5, 5.41) is 31.1. The first-order chi connectivity index (χ1) is 33.7. The molecule has 1 aliphatic heterocycles. The summed E-state index contributed by atoms with van der Waals surface area (Å²) in [6.45, 7) is 8.71. The second kappa shape index (κ2) is 23.5. The molecule has 0 radical (unpaired) electrons. The minimum Gasteiger partial charge on any atom is -0.391 e. The zero-order valence-corrected chi connectivity index (χ0v) is 40.3. The topological polar surface area (TPSA) is 218 Å². The van der Waals surface area contributed by atoms with Crippen molar-refractivity contribution in [2.24, 2.45) is 5.41 Å². The lowest BCUT2D eigenvalue weighted by Gasteiger charge is -2.35. The molecule has 368 valence electrons. The smallest absolute Gasteiger partial charge is 0.251 e. The standard InChI is InChI=1S/C50H57F2N11O6S/c1-31-44(70-30-58-31)33-16-14-32(15-17-33)25-55-48(67)41-24-36(64)28-63(41)49(68)45(50(2,3)4)59-43(65)13-7-21-69-22-8-20-62-42(60-61-46(62)40-18-19-53-29-57-40)27-54-35-10-5-9-34(23-35)47(66)56-26-37-38(51)11-6-12-39(37)52/h5-6,9-12,14-19,23,29-30,36,41,45,54,64H,7-8,13,20-22,24-28H2,1-4H3,(H,55,67)(H,56,66)(H,59,65)/t36-,41+,45-/m1/s1. The van der Waals surface area contributed by atoms with E-state index in [0.717, 1.165) is 33.8 Å². The number of aromatic nitrogens is 6. The molecule has 20 heteroatoms. The predicted molar refractivity (Wildman–Crippen MR) is 259 cm³/mol. The summed E-state index contributed by atoms with van der Waals surface area (Å²) in [6.07, 6.45) is 3.27. The van der Waals surface area contributed by atoms with Gasteiger partial charge in [-0.1, -0.05) is 57.2 Å². The SMILES string of the molecule is Cc1ncsc1-c1ccc(CNC(=O)[C@@H]2C[C@@H](O)CN2C(=O)[C@@H](NC(=O)CCCOCCCn2c(CNc3cccc(C(=O)NCc4c(F)cccc4F)c3)nnc2-c2ccncn2)C(C)(C)C)cc1. The number of β-amino-alcohol motifs (C(OH)–C–C–N with tert-alkyl or cyclic N) is 1. The van der Waals surface area contributed by atoms with Crippen LogP contribution in [0.25, 0.3) is 22.0 Å². The number of carbonyl (C=O) groups excluding carboxylic acids is 4. The lowest BCUT2D eigenvalue weighted by molar-refractivity contribution is -0.144. The summed E-state index contributed by atoms with van der Waals surface area (Å²) in [5.74, 6) is -2.04. The van der Waals surface area contributed by atoms with E-state index in [9.17, 15) is 33.1 Å². The average molecular weight is 978 g/mol. The number of nitrogens with zero attached hydrogens (tertiary/aromatic N) is 7. The molecule has 0 unspecified atom stereocenters. The molecule has 3 aromatic carbocycles. The van der Waals surface area contributed by atoms with Crippen molar-refractivity contribution in [1.82, 2.24) is 50.6 Å². The first kappa shape index (κ1) is 50.8. The number of aliphatic hydroxyl groups is 1. The summed E-state index contributed by atoms with van der Waals surface area (Å²) < 4.78 is 36.1. The van der Waals surface area contributed by atoms with Crippen LogP contribution in [0.15, 0.2) is 90.8 Å². The fraction of sp³-hybridized carbons (Fsp3) is 0.380. The summed E-state index contributed by atoms with van der Waals surface area (Å²) in [5.41, 5.74) is 5.21. The second-order valence-corrected chi connectivity index (χ2v) is 18.9.